The SMILES string of the molecule is CCCCOc1cc(Br)c(C(=O)OC)c(OCCCC)c1. The molecule has 0 aromatic heterocycles. The van der Waals surface area contributed by atoms with E-state index < -0.39 is 5.97 Å². The summed E-state index contributed by atoms with van der Waals surface area (Å²) in [5.74, 6) is 0.763. The Morgan fingerprint density at radius 2 is 1.71 bits per heavy atom. The van der Waals surface area contributed by atoms with Gasteiger partial charge in [-0.2, -0.15) is 0 Å². The molecule has 4 nitrogen and oxygen atoms in total. The highest BCUT2D eigenvalue weighted by atomic mass is 79.9. The van der Waals surface area contributed by atoms with E-state index in [9.17, 15) is 4.79 Å². The van der Waals surface area contributed by atoms with E-state index in [1.165, 1.54) is 7.11 Å². The van der Waals surface area contributed by atoms with Crippen LogP contribution in [-0.4, -0.2) is 26.3 Å². The summed E-state index contributed by atoms with van der Waals surface area (Å²) in [4.78, 5) is 11.9. The molecule has 0 bridgehead atoms. The van der Waals surface area contributed by atoms with Crippen molar-refractivity contribution in [1.82, 2.24) is 0 Å². The number of hydrogen-bond acceptors (Lipinski definition) is 4. The fraction of sp³-hybridized carbons (Fsp3) is 0.562. The summed E-state index contributed by atoms with van der Waals surface area (Å²) in [5.41, 5.74) is 0.399. The molecule has 21 heavy (non-hydrogen) atoms. The predicted octanol–water partition coefficient (Wildman–Crippen LogP) is 4.59. The molecule has 0 saturated carbocycles. The van der Waals surface area contributed by atoms with Crippen LogP contribution in [0.3, 0.4) is 0 Å². The number of unbranched alkanes of at least 4 members (excludes halogenated alkanes) is 2. The van der Waals surface area contributed by atoms with Gasteiger partial charge in [-0.05, 0) is 34.8 Å². The maximum absolute atomic E-state index is 11.9. The molecule has 0 amide bonds. The van der Waals surface area contributed by atoms with Crippen molar-refractivity contribution in [3.8, 4) is 11.5 Å². The zero-order valence-electron chi connectivity index (χ0n) is 12.9. The zero-order valence-corrected chi connectivity index (χ0v) is 14.5. The van der Waals surface area contributed by atoms with Crippen LogP contribution in [0.5, 0.6) is 11.5 Å². The monoisotopic (exact) mass is 358 g/mol. The third kappa shape index (κ3) is 5.58. The number of halogens is 1. The average molecular weight is 359 g/mol. The van der Waals surface area contributed by atoms with E-state index in [0.29, 0.717) is 34.7 Å². The van der Waals surface area contributed by atoms with Crippen LogP contribution in [0.4, 0.5) is 0 Å². The quantitative estimate of drug-likeness (QED) is 0.478. The summed E-state index contributed by atoms with van der Waals surface area (Å²) in [6.45, 7) is 5.41. The van der Waals surface area contributed by atoms with E-state index in [1.54, 1.807) is 12.1 Å². The van der Waals surface area contributed by atoms with Gasteiger partial charge in [0, 0.05) is 10.5 Å². The summed E-state index contributed by atoms with van der Waals surface area (Å²) < 4.78 is 16.8. The number of carbonyl (C=O) groups is 1. The van der Waals surface area contributed by atoms with Gasteiger partial charge >= 0.3 is 5.97 Å². The van der Waals surface area contributed by atoms with Crippen molar-refractivity contribution >= 4 is 21.9 Å². The number of methoxy groups -OCH3 is 1. The molecule has 0 unspecified atom stereocenters. The minimum atomic E-state index is -0.423. The summed E-state index contributed by atoms with van der Waals surface area (Å²) >= 11 is 3.40. The Bertz CT molecular complexity index is 460. The topological polar surface area (TPSA) is 44.8 Å². The highest BCUT2D eigenvalue weighted by Gasteiger charge is 2.19. The van der Waals surface area contributed by atoms with Gasteiger partial charge in [0.1, 0.15) is 17.1 Å². The first-order valence-electron chi connectivity index (χ1n) is 7.31. The summed E-state index contributed by atoms with van der Waals surface area (Å²) in [6, 6.07) is 3.52. The van der Waals surface area contributed by atoms with Crippen molar-refractivity contribution in [2.75, 3.05) is 20.3 Å². The molecule has 0 saturated heterocycles. The minimum absolute atomic E-state index is 0.399. The van der Waals surface area contributed by atoms with Crippen LogP contribution in [0.25, 0.3) is 0 Å². The molecule has 0 spiro atoms. The van der Waals surface area contributed by atoms with E-state index in [0.717, 1.165) is 25.7 Å². The number of hydrogen-bond donors (Lipinski definition) is 0. The van der Waals surface area contributed by atoms with Crippen LogP contribution in [-0.2, 0) is 4.74 Å². The number of rotatable bonds is 9. The average Bonchev–Trinajstić information content (AvgIpc) is 2.47. The Morgan fingerprint density at radius 1 is 1.10 bits per heavy atom. The second-order valence-corrected chi connectivity index (χ2v) is 5.53. The van der Waals surface area contributed by atoms with Crippen LogP contribution in [0.15, 0.2) is 16.6 Å². The van der Waals surface area contributed by atoms with Gasteiger partial charge in [0.15, 0.2) is 0 Å². The molecule has 1 aromatic carbocycles. The van der Waals surface area contributed by atoms with Crippen LogP contribution in [0, 0.1) is 0 Å². The van der Waals surface area contributed by atoms with Gasteiger partial charge < -0.3 is 14.2 Å². The van der Waals surface area contributed by atoms with E-state index >= 15 is 0 Å². The Hall–Kier alpha value is -1.23. The molecule has 0 aliphatic rings. The Labute approximate surface area is 134 Å². The normalized spacial score (nSPS) is 10.3. The third-order valence-electron chi connectivity index (χ3n) is 2.94. The first-order chi connectivity index (χ1) is 10.1. The minimum Gasteiger partial charge on any atom is -0.493 e. The fourth-order valence-corrected chi connectivity index (χ4v) is 2.30. The molecular weight excluding hydrogens is 336 g/mol. The van der Waals surface area contributed by atoms with Crippen molar-refractivity contribution in [3.63, 3.8) is 0 Å². The van der Waals surface area contributed by atoms with Gasteiger partial charge in [-0.25, -0.2) is 4.79 Å². The van der Waals surface area contributed by atoms with Crippen molar-refractivity contribution in [1.29, 1.82) is 0 Å². The lowest BCUT2D eigenvalue weighted by Gasteiger charge is -2.14. The van der Waals surface area contributed by atoms with Gasteiger partial charge in [0.2, 0.25) is 0 Å². The zero-order chi connectivity index (χ0) is 15.7. The lowest BCUT2D eigenvalue weighted by molar-refractivity contribution is 0.0594. The summed E-state index contributed by atoms with van der Waals surface area (Å²) in [5, 5.41) is 0. The largest absolute Gasteiger partial charge is 0.493 e. The van der Waals surface area contributed by atoms with Crippen molar-refractivity contribution in [3.05, 3.63) is 22.2 Å². The van der Waals surface area contributed by atoms with Gasteiger partial charge in [-0.3, -0.25) is 0 Å². The maximum atomic E-state index is 11.9. The molecule has 0 aliphatic carbocycles. The molecule has 0 radical (unpaired) electrons. The van der Waals surface area contributed by atoms with Gasteiger partial charge in [-0.15, -0.1) is 0 Å². The molecule has 0 atom stereocenters. The highest BCUT2D eigenvalue weighted by molar-refractivity contribution is 9.10. The smallest absolute Gasteiger partial charge is 0.342 e. The summed E-state index contributed by atoms with van der Waals surface area (Å²) in [7, 11) is 1.36. The molecule has 0 heterocycles. The maximum Gasteiger partial charge on any atom is 0.342 e. The van der Waals surface area contributed by atoms with Crippen LogP contribution in [0.1, 0.15) is 49.9 Å². The van der Waals surface area contributed by atoms with Gasteiger partial charge in [-0.1, -0.05) is 26.7 Å². The number of ether oxygens (including phenoxy) is 3. The molecule has 0 N–H and O–H groups in total. The molecule has 1 aromatic rings. The van der Waals surface area contributed by atoms with E-state index in [-0.39, 0.29) is 0 Å². The van der Waals surface area contributed by atoms with Gasteiger partial charge in [0.05, 0.1) is 20.3 Å². The molecule has 118 valence electrons. The summed E-state index contributed by atoms with van der Waals surface area (Å²) in [6.07, 6.45) is 4.02. The van der Waals surface area contributed by atoms with Crippen molar-refractivity contribution in [2.45, 2.75) is 39.5 Å². The van der Waals surface area contributed by atoms with Gasteiger partial charge in [0.25, 0.3) is 0 Å². The van der Waals surface area contributed by atoms with E-state index in [4.69, 9.17) is 14.2 Å². The van der Waals surface area contributed by atoms with Crippen molar-refractivity contribution in [2.24, 2.45) is 0 Å². The Balaban J connectivity index is 2.97. The first-order valence-corrected chi connectivity index (χ1v) is 8.10. The lowest BCUT2D eigenvalue weighted by Crippen LogP contribution is -2.08. The lowest BCUT2D eigenvalue weighted by atomic mass is 10.2. The van der Waals surface area contributed by atoms with E-state index in [1.807, 2.05) is 0 Å². The fourth-order valence-electron chi connectivity index (χ4n) is 1.72. The van der Waals surface area contributed by atoms with Crippen LogP contribution >= 0.6 is 15.9 Å². The van der Waals surface area contributed by atoms with Crippen LogP contribution < -0.4 is 9.47 Å². The predicted molar refractivity (Wildman–Crippen MR) is 86.3 cm³/mol. The molecule has 5 heteroatoms. The van der Waals surface area contributed by atoms with Crippen LogP contribution in [0.2, 0.25) is 0 Å². The number of esters is 1. The number of benzene rings is 1. The molecule has 0 aliphatic heterocycles. The Morgan fingerprint density at radius 3 is 2.29 bits per heavy atom. The second kappa shape index (κ2) is 9.66. The first kappa shape index (κ1) is 17.8. The molecule has 1 rings (SSSR count). The molecular formula is C16H23BrO4. The highest BCUT2D eigenvalue weighted by Crippen LogP contribution is 2.33. The Kier molecular flexibility index (Phi) is 8.20. The second-order valence-electron chi connectivity index (χ2n) is 4.67. The molecule has 0 fully saturated rings. The number of carbonyl (C=O) groups excluding carboxylic acids is 1. The standard InChI is InChI=1S/C16H23BrO4/c1-4-6-8-20-12-10-13(17)15(16(18)19-3)14(11-12)21-9-7-5-2/h10-11H,4-9H2,1-3H3. The third-order valence-corrected chi connectivity index (χ3v) is 3.56. The van der Waals surface area contributed by atoms with Crippen molar-refractivity contribution < 1.29 is 19.0 Å². The van der Waals surface area contributed by atoms with E-state index in [2.05, 4.69) is 29.8 Å².